The molecule has 0 aromatic heterocycles. The second kappa shape index (κ2) is 4.22. The summed E-state index contributed by atoms with van der Waals surface area (Å²) in [6, 6.07) is 5.37. The molecular formula is C12H15F. The zero-order chi connectivity index (χ0) is 9.84. The molecule has 0 unspecified atom stereocenters. The van der Waals surface area contributed by atoms with Gasteiger partial charge in [-0.15, -0.1) is 0 Å². The summed E-state index contributed by atoms with van der Waals surface area (Å²) in [5, 5.41) is 0. The Morgan fingerprint density at radius 1 is 1.38 bits per heavy atom. The topological polar surface area (TPSA) is 0 Å². The lowest BCUT2D eigenvalue weighted by atomic mass is 10.0. The molecule has 1 aromatic rings. The number of hydrogen-bond acceptors (Lipinski definition) is 0. The first-order valence-electron chi connectivity index (χ1n) is 4.65. The van der Waals surface area contributed by atoms with Gasteiger partial charge in [0.25, 0.3) is 0 Å². The van der Waals surface area contributed by atoms with Gasteiger partial charge in [0, 0.05) is 5.56 Å². The van der Waals surface area contributed by atoms with Crippen LogP contribution in [0.4, 0.5) is 4.39 Å². The molecule has 0 atom stereocenters. The third kappa shape index (κ3) is 2.18. The average Bonchev–Trinajstić information content (AvgIpc) is 2.16. The standard InChI is InChI=1S/C12H15F/c1-4-9(3)11-7-6-10(5-2)8-12(11)13/h6-8H,3-5H2,1-2H3. The van der Waals surface area contributed by atoms with Crippen LogP contribution in [0, 0.1) is 5.82 Å². The Morgan fingerprint density at radius 3 is 2.54 bits per heavy atom. The second-order valence-electron chi connectivity index (χ2n) is 3.12. The number of halogens is 1. The summed E-state index contributed by atoms with van der Waals surface area (Å²) in [6.45, 7) is 7.82. The summed E-state index contributed by atoms with van der Waals surface area (Å²) in [6.07, 6.45) is 1.66. The molecule has 0 nitrogen and oxygen atoms in total. The molecule has 0 aliphatic rings. The van der Waals surface area contributed by atoms with E-state index in [0.717, 1.165) is 24.0 Å². The lowest BCUT2D eigenvalue weighted by molar-refractivity contribution is 0.621. The van der Waals surface area contributed by atoms with Crippen molar-refractivity contribution in [2.45, 2.75) is 26.7 Å². The maximum atomic E-state index is 13.4. The van der Waals surface area contributed by atoms with E-state index in [4.69, 9.17) is 0 Å². The lowest BCUT2D eigenvalue weighted by Gasteiger charge is -2.05. The Bertz CT molecular complexity index is 313. The van der Waals surface area contributed by atoms with Crippen molar-refractivity contribution in [2.24, 2.45) is 0 Å². The largest absolute Gasteiger partial charge is 0.206 e. The Labute approximate surface area is 79.1 Å². The van der Waals surface area contributed by atoms with Gasteiger partial charge in [0.1, 0.15) is 5.82 Å². The summed E-state index contributed by atoms with van der Waals surface area (Å²) in [5.41, 5.74) is 2.55. The van der Waals surface area contributed by atoms with Crippen molar-refractivity contribution in [3.8, 4) is 0 Å². The molecule has 0 fully saturated rings. The highest BCUT2D eigenvalue weighted by atomic mass is 19.1. The quantitative estimate of drug-likeness (QED) is 0.660. The van der Waals surface area contributed by atoms with Gasteiger partial charge in [0.15, 0.2) is 0 Å². The van der Waals surface area contributed by atoms with Crippen molar-refractivity contribution < 1.29 is 4.39 Å². The number of hydrogen-bond donors (Lipinski definition) is 0. The molecule has 13 heavy (non-hydrogen) atoms. The van der Waals surface area contributed by atoms with Gasteiger partial charge in [-0.2, -0.15) is 0 Å². The van der Waals surface area contributed by atoms with Crippen LogP contribution in [0.5, 0.6) is 0 Å². The van der Waals surface area contributed by atoms with E-state index < -0.39 is 0 Å². The van der Waals surface area contributed by atoms with E-state index >= 15 is 0 Å². The van der Waals surface area contributed by atoms with Crippen LogP contribution < -0.4 is 0 Å². The zero-order valence-corrected chi connectivity index (χ0v) is 8.23. The minimum Gasteiger partial charge on any atom is -0.206 e. The van der Waals surface area contributed by atoms with Gasteiger partial charge < -0.3 is 0 Å². The smallest absolute Gasteiger partial charge is 0.130 e. The van der Waals surface area contributed by atoms with Crippen molar-refractivity contribution in [3.05, 3.63) is 41.7 Å². The number of aryl methyl sites for hydroxylation is 1. The van der Waals surface area contributed by atoms with Crippen LogP contribution in [0.2, 0.25) is 0 Å². The van der Waals surface area contributed by atoms with Crippen LogP contribution >= 0.6 is 0 Å². The second-order valence-corrected chi connectivity index (χ2v) is 3.12. The normalized spacial score (nSPS) is 10.1. The molecule has 1 heteroatoms. The summed E-state index contributed by atoms with van der Waals surface area (Å²) in [7, 11) is 0. The first-order valence-corrected chi connectivity index (χ1v) is 4.65. The first kappa shape index (κ1) is 9.97. The van der Waals surface area contributed by atoms with Crippen LogP contribution in [-0.4, -0.2) is 0 Å². The molecule has 0 N–H and O–H groups in total. The third-order valence-electron chi connectivity index (χ3n) is 2.25. The summed E-state index contributed by atoms with van der Waals surface area (Å²) >= 11 is 0. The van der Waals surface area contributed by atoms with Gasteiger partial charge in [-0.05, 0) is 30.0 Å². The van der Waals surface area contributed by atoms with Gasteiger partial charge in [0.05, 0.1) is 0 Å². The molecule has 70 valence electrons. The fourth-order valence-corrected chi connectivity index (χ4v) is 1.26. The SMILES string of the molecule is C=C(CC)c1ccc(CC)cc1F. The lowest BCUT2D eigenvalue weighted by Crippen LogP contribution is -1.90. The highest BCUT2D eigenvalue weighted by Crippen LogP contribution is 2.20. The van der Waals surface area contributed by atoms with Crippen LogP contribution in [0.3, 0.4) is 0 Å². The Balaban J connectivity index is 3.05. The molecule has 0 aliphatic carbocycles. The Hall–Kier alpha value is -1.11. The molecule has 0 heterocycles. The molecule has 0 saturated carbocycles. The van der Waals surface area contributed by atoms with Gasteiger partial charge in [-0.1, -0.05) is 32.6 Å². The predicted octanol–water partition coefficient (Wildman–Crippen LogP) is 3.81. The van der Waals surface area contributed by atoms with Crippen molar-refractivity contribution in [1.82, 2.24) is 0 Å². The van der Waals surface area contributed by atoms with Crippen molar-refractivity contribution in [1.29, 1.82) is 0 Å². The van der Waals surface area contributed by atoms with E-state index in [2.05, 4.69) is 6.58 Å². The minimum absolute atomic E-state index is 0.147. The average molecular weight is 178 g/mol. The van der Waals surface area contributed by atoms with Crippen molar-refractivity contribution in [2.75, 3.05) is 0 Å². The molecular weight excluding hydrogens is 163 g/mol. The number of rotatable bonds is 3. The summed E-state index contributed by atoms with van der Waals surface area (Å²) < 4.78 is 13.4. The van der Waals surface area contributed by atoms with Gasteiger partial charge >= 0.3 is 0 Å². The summed E-state index contributed by atoms with van der Waals surface area (Å²) in [5.74, 6) is -0.147. The predicted molar refractivity (Wildman–Crippen MR) is 55.1 cm³/mol. The molecule has 0 amide bonds. The molecule has 0 aliphatic heterocycles. The molecule has 1 aromatic carbocycles. The van der Waals surface area contributed by atoms with Crippen LogP contribution in [0.15, 0.2) is 24.8 Å². The van der Waals surface area contributed by atoms with E-state index in [0.29, 0.717) is 5.56 Å². The monoisotopic (exact) mass is 178 g/mol. The highest BCUT2D eigenvalue weighted by Gasteiger charge is 2.04. The third-order valence-corrected chi connectivity index (χ3v) is 2.25. The Kier molecular flexibility index (Phi) is 3.24. The maximum Gasteiger partial charge on any atom is 0.130 e. The molecule has 0 bridgehead atoms. The van der Waals surface area contributed by atoms with E-state index in [-0.39, 0.29) is 5.82 Å². The molecule has 0 radical (unpaired) electrons. The van der Waals surface area contributed by atoms with E-state index in [1.807, 2.05) is 26.0 Å². The van der Waals surface area contributed by atoms with E-state index in [1.165, 1.54) is 0 Å². The van der Waals surface area contributed by atoms with Crippen molar-refractivity contribution >= 4 is 5.57 Å². The van der Waals surface area contributed by atoms with E-state index in [9.17, 15) is 4.39 Å². The minimum atomic E-state index is -0.147. The Morgan fingerprint density at radius 2 is 2.08 bits per heavy atom. The van der Waals surface area contributed by atoms with Gasteiger partial charge in [0.2, 0.25) is 0 Å². The molecule has 1 rings (SSSR count). The van der Waals surface area contributed by atoms with Crippen LogP contribution in [0.1, 0.15) is 31.4 Å². The molecule has 0 spiro atoms. The summed E-state index contributed by atoms with van der Waals surface area (Å²) in [4.78, 5) is 0. The van der Waals surface area contributed by atoms with Gasteiger partial charge in [-0.3, -0.25) is 0 Å². The first-order chi connectivity index (χ1) is 6.19. The maximum absolute atomic E-state index is 13.4. The van der Waals surface area contributed by atoms with Crippen LogP contribution in [0.25, 0.3) is 5.57 Å². The number of benzene rings is 1. The molecule has 0 saturated heterocycles. The number of allylic oxidation sites excluding steroid dienone is 1. The van der Waals surface area contributed by atoms with Crippen molar-refractivity contribution in [3.63, 3.8) is 0 Å². The fraction of sp³-hybridized carbons (Fsp3) is 0.333. The highest BCUT2D eigenvalue weighted by molar-refractivity contribution is 5.63. The van der Waals surface area contributed by atoms with Gasteiger partial charge in [-0.25, -0.2) is 4.39 Å². The zero-order valence-electron chi connectivity index (χ0n) is 8.23. The van der Waals surface area contributed by atoms with E-state index in [1.54, 1.807) is 6.07 Å². The fourth-order valence-electron chi connectivity index (χ4n) is 1.26. The van der Waals surface area contributed by atoms with Crippen LogP contribution in [-0.2, 0) is 6.42 Å².